The molecule has 11 heteroatoms. The van der Waals surface area contributed by atoms with Gasteiger partial charge in [0, 0.05) is 33.0 Å². The van der Waals surface area contributed by atoms with E-state index in [2.05, 4.69) is 4.98 Å². The minimum Gasteiger partial charge on any atom is -0.491 e. The van der Waals surface area contributed by atoms with Crippen molar-refractivity contribution in [3.05, 3.63) is 98.0 Å². The van der Waals surface area contributed by atoms with Gasteiger partial charge < -0.3 is 14.0 Å². The van der Waals surface area contributed by atoms with E-state index in [1.807, 2.05) is 0 Å². The van der Waals surface area contributed by atoms with Gasteiger partial charge in [-0.2, -0.15) is 0 Å². The Morgan fingerprint density at radius 3 is 2.47 bits per heavy atom. The topological polar surface area (TPSA) is 88.7 Å². The molecule has 0 spiro atoms. The molecule has 1 atom stereocenters. The van der Waals surface area contributed by atoms with Gasteiger partial charge in [-0.1, -0.05) is 40.9 Å². The number of nitrogens with zero attached hydrogens (tertiary/aromatic N) is 3. The van der Waals surface area contributed by atoms with E-state index in [1.54, 1.807) is 36.4 Å². The maximum atomic E-state index is 11.1. The van der Waals surface area contributed by atoms with Crippen LogP contribution in [0.15, 0.2) is 61.2 Å². The summed E-state index contributed by atoms with van der Waals surface area (Å²) >= 11 is 18.1. The van der Waals surface area contributed by atoms with E-state index in [-0.39, 0.29) is 24.3 Å². The summed E-state index contributed by atoms with van der Waals surface area (Å²) in [6.45, 7) is 0.217. The predicted molar refractivity (Wildman–Crippen MR) is 111 cm³/mol. The Bertz CT molecular complexity index is 970. The number of aromatic nitrogens is 2. The molecule has 2 aromatic carbocycles. The van der Waals surface area contributed by atoms with Crippen LogP contribution in [0.1, 0.15) is 11.8 Å². The minimum absolute atomic E-state index is 0.0587. The Morgan fingerprint density at radius 1 is 1.10 bits per heavy atom. The quantitative estimate of drug-likeness (QED) is 0.229. The third kappa shape index (κ3) is 5.99. The zero-order chi connectivity index (χ0) is 21.5. The first-order valence-corrected chi connectivity index (χ1v) is 9.69. The normalized spacial score (nSPS) is 12.0. The number of ether oxygens (including phenoxy) is 2. The number of halogens is 3. The summed E-state index contributed by atoms with van der Waals surface area (Å²) in [7, 11) is 0. The van der Waals surface area contributed by atoms with Gasteiger partial charge in [-0.25, -0.2) is 4.98 Å². The molecule has 3 rings (SSSR count). The minimum atomic E-state index is -1.25. The zero-order valence-corrected chi connectivity index (χ0v) is 17.5. The molecule has 0 amide bonds. The molecule has 0 bridgehead atoms. The molecule has 0 aliphatic rings. The van der Waals surface area contributed by atoms with Crippen LogP contribution in [0.2, 0.25) is 15.1 Å². The Kier molecular flexibility index (Phi) is 7.75. The summed E-state index contributed by atoms with van der Waals surface area (Å²) in [5.41, 5.74) is 0.383. The van der Waals surface area contributed by atoms with Crippen molar-refractivity contribution in [1.29, 1.82) is 0 Å². The van der Waals surface area contributed by atoms with Crippen LogP contribution < -0.4 is 4.74 Å². The second kappa shape index (κ2) is 10.5. The molecule has 1 unspecified atom stereocenters. The first-order chi connectivity index (χ1) is 14.4. The molecule has 0 N–H and O–H groups in total. The number of imidazole rings is 1. The van der Waals surface area contributed by atoms with E-state index in [0.29, 0.717) is 21.4 Å². The largest absolute Gasteiger partial charge is 0.491 e. The Morgan fingerprint density at radius 2 is 1.83 bits per heavy atom. The fourth-order valence-electron chi connectivity index (χ4n) is 2.54. The van der Waals surface area contributed by atoms with E-state index in [1.165, 1.54) is 29.4 Å². The van der Waals surface area contributed by atoms with Gasteiger partial charge in [-0.15, -0.1) is 10.1 Å². The third-order valence-electron chi connectivity index (χ3n) is 3.83. The molecule has 0 saturated carbocycles. The van der Waals surface area contributed by atoms with Gasteiger partial charge in [-0.05, 0) is 36.4 Å². The van der Waals surface area contributed by atoms with Crippen LogP contribution in [0, 0.1) is 16.2 Å². The van der Waals surface area contributed by atoms with Crippen molar-refractivity contribution in [2.75, 3.05) is 13.2 Å². The molecule has 1 heterocycles. The highest BCUT2D eigenvalue weighted by Crippen LogP contribution is 2.35. The Labute approximate surface area is 187 Å². The maximum absolute atomic E-state index is 11.1. The number of hydrogen-bond acceptors (Lipinski definition) is 6. The summed E-state index contributed by atoms with van der Waals surface area (Å²) < 4.78 is 12.8. The van der Waals surface area contributed by atoms with Crippen LogP contribution in [0.25, 0.3) is 0 Å². The SMILES string of the molecule is O=[N+]([O-])OC([C](OCCOc1ccc(Cl)cc1)c1ccc(Cl)cc1Cl)n1ccnc1. The standard InChI is InChI=1S/C19H15Cl3N3O5/c20-13-1-4-15(5-2-13)28-9-10-29-18(16-6-3-14(21)11-17(16)22)19(30-25(26)27)24-8-7-23-12-24/h1-8,11-12,19H,9-10H2. The van der Waals surface area contributed by atoms with Crippen molar-refractivity contribution >= 4 is 34.8 Å². The predicted octanol–water partition coefficient (Wildman–Crippen LogP) is 5.23. The first kappa shape index (κ1) is 22.2. The molecule has 157 valence electrons. The van der Waals surface area contributed by atoms with Crippen LogP contribution in [-0.4, -0.2) is 27.9 Å². The average molecular weight is 472 g/mol. The number of benzene rings is 2. The second-order valence-corrected chi connectivity index (χ2v) is 7.11. The van der Waals surface area contributed by atoms with Crippen LogP contribution in [0.5, 0.6) is 5.75 Å². The van der Waals surface area contributed by atoms with E-state index in [9.17, 15) is 10.1 Å². The molecule has 30 heavy (non-hydrogen) atoms. The summed E-state index contributed by atoms with van der Waals surface area (Å²) in [6.07, 6.45) is 3.18. The Hall–Kier alpha value is -2.52. The molecule has 8 nitrogen and oxygen atoms in total. The van der Waals surface area contributed by atoms with Crippen LogP contribution in [0.3, 0.4) is 0 Å². The van der Waals surface area contributed by atoms with Gasteiger partial charge in [0.1, 0.15) is 12.4 Å². The average Bonchev–Trinajstić information content (AvgIpc) is 3.23. The highest BCUT2D eigenvalue weighted by Gasteiger charge is 2.32. The lowest BCUT2D eigenvalue weighted by atomic mass is 10.1. The first-order valence-electron chi connectivity index (χ1n) is 8.56. The highest BCUT2D eigenvalue weighted by atomic mass is 35.5. The van der Waals surface area contributed by atoms with Gasteiger partial charge in [-0.3, -0.25) is 4.84 Å². The lowest BCUT2D eigenvalue weighted by Gasteiger charge is -2.26. The molecule has 1 aromatic heterocycles. The zero-order valence-electron chi connectivity index (χ0n) is 15.3. The molecule has 0 aliphatic heterocycles. The third-order valence-corrected chi connectivity index (χ3v) is 4.63. The van der Waals surface area contributed by atoms with Crippen molar-refractivity contribution in [3.63, 3.8) is 0 Å². The second-order valence-electron chi connectivity index (χ2n) is 5.83. The van der Waals surface area contributed by atoms with Gasteiger partial charge in [0.15, 0.2) is 6.10 Å². The molecule has 1 radical (unpaired) electrons. The summed E-state index contributed by atoms with van der Waals surface area (Å²) in [5, 5.41) is 11.4. The Balaban J connectivity index is 1.79. The van der Waals surface area contributed by atoms with Gasteiger partial charge in [0.2, 0.25) is 6.23 Å². The monoisotopic (exact) mass is 470 g/mol. The fourth-order valence-corrected chi connectivity index (χ4v) is 3.17. The summed E-state index contributed by atoms with van der Waals surface area (Å²) in [5.74, 6) is 0.599. The smallest absolute Gasteiger partial charge is 0.296 e. The number of hydrogen-bond donors (Lipinski definition) is 0. The van der Waals surface area contributed by atoms with E-state index >= 15 is 0 Å². The lowest BCUT2D eigenvalue weighted by molar-refractivity contribution is -0.775. The van der Waals surface area contributed by atoms with Crippen LogP contribution >= 0.6 is 34.8 Å². The lowest BCUT2D eigenvalue weighted by Crippen LogP contribution is -2.27. The molecular formula is C19H15Cl3N3O5. The van der Waals surface area contributed by atoms with Crippen molar-refractivity contribution in [2.24, 2.45) is 0 Å². The van der Waals surface area contributed by atoms with Gasteiger partial charge in [0.25, 0.3) is 5.09 Å². The van der Waals surface area contributed by atoms with E-state index in [0.717, 1.165) is 0 Å². The molecule has 0 fully saturated rings. The van der Waals surface area contributed by atoms with E-state index in [4.69, 9.17) is 49.1 Å². The van der Waals surface area contributed by atoms with Crippen molar-refractivity contribution in [1.82, 2.24) is 9.55 Å². The van der Waals surface area contributed by atoms with E-state index < -0.39 is 11.3 Å². The van der Waals surface area contributed by atoms with Gasteiger partial charge in [0.05, 0.1) is 12.9 Å². The van der Waals surface area contributed by atoms with Gasteiger partial charge >= 0.3 is 0 Å². The molecule has 0 aliphatic carbocycles. The molecular weight excluding hydrogens is 457 g/mol. The highest BCUT2D eigenvalue weighted by molar-refractivity contribution is 6.35. The van der Waals surface area contributed by atoms with Crippen LogP contribution in [0.4, 0.5) is 0 Å². The fraction of sp³-hybridized carbons (Fsp3) is 0.158. The van der Waals surface area contributed by atoms with Crippen molar-refractivity contribution in [3.8, 4) is 5.75 Å². The van der Waals surface area contributed by atoms with Crippen LogP contribution in [-0.2, 0) is 9.57 Å². The maximum Gasteiger partial charge on any atom is 0.296 e. The van der Waals surface area contributed by atoms with Crippen molar-refractivity contribution in [2.45, 2.75) is 6.23 Å². The number of rotatable bonds is 10. The summed E-state index contributed by atoms with van der Waals surface area (Å²) in [6, 6.07) is 11.5. The summed E-state index contributed by atoms with van der Waals surface area (Å²) in [4.78, 5) is 19.9. The molecule has 0 saturated heterocycles. The van der Waals surface area contributed by atoms with Crippen molar-refractivity contribution < 1.29 is 19.4 Å². The molecule has 3 aromatic rings.